The van der Waals surface area contributed by atoms with Crippen molar-refractivity contribution in [2.45, 2.75) is 38.2 Å². The standard InChI is InChI=1S/C15H21NO2S2/c1-11(17)19-9-14-6-5-13(4-3-7-16)8-15(14)10-20-12(2)18/h5-6,8H,3-4,7,9-10,16H2,1-2H3. The van der Waals surface area contributed by atoms with Gasteiger partial charge in [0.2, 0.25) is 0 Å². The van der Waals surface area contributed by atoms with E-state index in [-0.39, 0.29) is 10.2 Å². The van der Waals surface area contributed by atoms with Crippen LogP contribution in [0.3, 0.4) is 0 Å². The fraction of sp³-hybridized carbons (Fsp3) is 0.467. The van der Waals surface area contributed by atoms with E-state index < -0.39 is 0 Å². The maximum absolute atomic E-state index is 11.1. The van der Waals surface area contributed by atoms with Gasteiger partial charge in [0.05, 0.1) is 0 Å². The van der Waals surface area contributed by atoms with Gasteiger partial charge in [-0.2, -0.15) is 0 Å². The highest BCUT2D eigenvalue weighted by molar-refractivity contribution is 8.13. The predicted octanol–water partition coefficient (Wildman–Crippen LogP) is 3.14. The van der Waals surface area contributed by atoms with Crippen molar-refractivity contribution in [3.05, 3.63) is 34.9 Å². The number of nitrogens with two attached hydrogens (primary N) is 1. The number of benzene rings is 1. The molecule has 0 saturated heterocycles. The molecular formula is C15H21NO2S2. The van der Waals surface area contributed by atoms with Crippen LogP contribution in [0.15, 0.2) is 18.2 Å². The second-order valence-corrected chi connectivity index (χ2v) is 6.86. The highest BCUT2D eigenvalue weighted by atomic mass is 32.2. The Hall–Kier alpha value is -0.780. The lowest BCUT2D eigenvalue weighted by Crippen LogP contribution is -2.02. The van der Waals surface area contributed by atoms with Crippen molar-refractivity contribution in [1.29, 1.82) is 0 Å². The normalized spacial score (nSPS) is 10.6. The summed E-state index contributed by atoms with van der Waals surface area (Å²) in [6.07, 6.45) is 1.91. The van der Waals surface area contributed by atoms with Crippen molar-refractivity contribution in [3.63, 3.8) is 0 Å². The van der Waals surface area contributed by atoms with E-state index in [1.54, 1.807) is 13.8 Å². The SMILES string of the molecule is CC(=O)SCc1ccc(CCCN)cc1CSC(C)=O. The average molecular weight is 311 g/mol. The first kappa shape index (κ1) is 17.3. The van der Waals surface area contributed by atoms with Gasteiger partial charge in [0.1, 0.15) is 0 Å². The summed E-state index contributed by atoms with van der Waals surface area (Å²) in [7, 11) is 0. The minimum absolute atomic E-state index is 0.113. The van der Waals surface area contributed by atoms with Gasteiger partial charge < -0.3 is 5.73 Å². The maximum Gasteiger partial charge on any atom is 0.186 e. The first-order chi connectivity index (χ1) is 9.52. The van der Waals surface area contributed by atoms with E-state index in [2.05, 4.69) is 18.2 Å². The van der Waals surface area contributed by atoms with Crippen molar-refractivity contribution < 1.29 is 9.59 Å². The van der Waals surface area contributed by atoms with Crippen LogP contribution in [0.25, 0.3) is 0 Å². The molecule has 0 fully saturated rings. The molecule has 0 aliphatic carbocycles. The summed E-state index contributed by atoms with van der Waals surface area (Å²) >= 11 is 2.61. The zero-order chi connectivity index (χ0) is 15.0. The van der Waals surface area contributed by atoms with Crippen LogP contribution in [-0.2, 0) is 27.5 Å². The molecule has 3 nitrogen and oxygen atoms in total. The molecule has 0 aliphatic heterocycles. The summed E-state index contributed by atoms with van der Waals surface area (Å²) in [4.78, 5) is 22.2. The van der Waals surface area contributed by atoms with E-state index in [4.69, 9.17) is 5.73 Å². The number of hydrogen-bond acceptors (Lipinski definition) is 5. The Balaban J connectivity index is 2.84. The molecule has 110 valence electrons. The number of carbonyl (C=O) groups is 2. The molecule has 2 N–H and O–H groups in total. The van der Waals surface area contributed by atoms with Gasteiger partial charge in [-0.05, 0) is 36.1 Å². The molecule has 0 aliphatic rings. The van der Waals surface area contributed by atoms with Gasteiger partial charge in [0.15, 0.2) is 10.2 Å². The Labute approximate surface area is 129 Å². The molecule has 20 heavy (non-hydrogen) atoms. The van der Waals surface area contributed by atoms with Crippen LogP contribution >= 0.6 is 23.5 Å². The van der Waals surface area contributed by atoms with E-state index in [1.165, 1.54) is 29.1 Å². The largest absolute Gasteiger partial charge is 0.330 e. The Bertz CT molecular complexity index is 475. The second kappa shape index (κ2) is 9.21. The van der Waals surface area contributed by atoms with Crippen LogP contribution in [0.5, 0.6) is 0 Å². The van der Waals surface area contributed by atoms with Gasteiger partial charge >= 0.3 is 0 Å². The number of aryl methyl sites for hydroxylation is 1. The fourth-order valence-electron chi connectivity index (χ4n) is 1.77. The minimum Gasteiger partial charge on any atom is -0.330 e. The summed E-state index contributed by atoms with van der Waals surface area (Å²) in [6, 6.07) is 6.30. The molecule has 0 unspecified atom stereocenters. The van der Waals surface area contributed by atoms with Crippen molar-refractivity contribution in [2.75, 3.05) is 6.54 Å². The van der Waals surface area contributed by atoms with Crippen LogP contribution < -0.4 is 5.73 Å². The number of hydrogen-bond donors (Lipinski definition) is 1. The fourth-order valence-corrected chi connectivity index (χ4v) is 3.04. The maximum atomic E-state index is 11.1. The van der Waals surface area contributed by atoms with E-state index in [0.29, 0.717) is 18.1 Å². The molecule has 5 heteroatoms. The monoisotopic (exact) mass is 311 g/mol. The van der Waals surface area contributed by atoms with Gasteiger partial charge in [-0.3, -0.25) is 9.59 Å². The quantitative estimate of drug-likeness (QED) is 0.838. The lowest BCUT2D eigenvalue weighted by atomic mass is 10.0. The number of carbonyl (C=O) groups excluding carboxylic acids is 2. The van der Waals surface area contributed by atoms with Crippen LogP contribution in [0.2, 0.25) is 0 Å². The summed E-state index contributed by atoms with van der Waals surface area (Å²) in [5.41, 5.74) is 9.06. The lowest BCUT2D eigenvalue weighted by Gasteiger charge is -2.10. The average Bonchev–Trinajstić information content (AvgIpc) is 2.41. The lowest BCUT2D eigenvalue weighted by molar-refractivity contribution is -0.109. The molecule has 0 radical (unpaired) electrons. The zero-order valence-corrected chi connectivity index (χ0v) is 13.6. The van der Waals surface area contributed by atoms with E-state index >= 15 is 0 Å². The second-order valence-electron chi connectivity index (χ2n) is 4.56. The third-order valence-electron chi connectivity index (χ3n) is 2.80. The van der Waals surface area contributed by atoms with Crippen LogP contribution in [0, 0.1) is 0 Å². The van der Waals surface area contributed by atoms with Crippen LogP contribution in [0.1, 0.15) is 37.0 Å². The summed E-state index contributed by atoms with van der Waals surface area (Å²) < 4.78 is 0. The topological polar surface area (TPSA) is 60.2 Å². The molecule has 1 aromatic rings. The Morgan fingerprint density at radius 1 is 1.05 bits per heavy atom. The van der Waals surface area contributed by atoms with E-state index in [1.807, 2.05) is 0 Å². The van der Waals surface area contributed by atoms with Gasteiger partial charge in [-0.1, -0.05) is 41.7 Å². The first-order valence-electron chi connectivity index (χ1n) is 6.60. The molecular weight excluding hydrogens is 290 g/mol. The Kier molecular flexibility index (Phi) is 7.95. The molecule has 1 aromatic carbocycles. The first-order valence-corrected chi connectivity index (χ1v) is 8.57. The molecule has 0 amide bonds. The van der Waals surface area contributed by atoms with Crippen molar-refractivity contribution in [1.82, 2.24) is 0 Å². The predicted molar refractivity (Wildman–Crippen MR) is 87.8 cm³/mol. The summed E-state index contributed by atoms with van der Waals surface area (Å²) in [5.74, 6) is 1.33. The van der Waals surface area contributed by atoms with Gasteiger partial charge in [0, 0.05) is 25.4 Å². The Morgan fingerprint density at radius 3 is 2.20 bits per heavy atom. The summed E-state index contributed by atoms with van der Waals surface area (Å²) in [6.45, 7) is 3.83. The van der Waals surface area contributed by atoms with Crippen LogP contribution in [-0.4, -0.2) is 16.8 Å². The molecule has 0 atom stereocenters. The molecule has 0 aromatic heterocycles. The molecule has 0 heterocycles. The third kappa shape index (κ3) is 6.59. The number of rotatable bonds is 7. The smallest absolute Gasteiger partial charge is 0.186 e. The summed E-state index contributed by atoms with van der Waals surface area (Å²) in [5, 5.41) is 0.227. The van der Waals surface area contributed by atoms with Gasteiger partial charge in [0.25, 0.3) is 0 Å². The highest BCUT2D eigenvalue weighted by Crippen LogP contribution is 2.23. The van der Waals surface area contributed by atoms with Crippen molar-refractivity contribution in [2.24, 2.45) is 5.73 Å². The van der Waals surface area contributed by atoms with Crippen molar-refractivity contribution in [3.8, 4) is 0 Å². The van der Waals surface area contributed by atoms with Gasteiger partial charge in [-0.15, -0.1) is 0 Å². The van der Waals surface area contributed by atoms with Crippen LogP contribution in [0.4, 0.5) is 0 Å². The minimum atomic E-state index is 0.113. The van der Waals surface area contributed by atoms with Gasteiger partial charge in [-0.25, -0.2) is 0 Å². The zero-order valence-electron chi connectivity index (χ0n) is 12.0. The highest BCUT2D eigenvalue weighted by Gasteiger charge is 2.07. The molecule has 1 rings (SSSR count). The molecule has 0 bridgehead atoms. The third-order valence-corrected chi connectivity index (χ3v) is 4.53. The van der Waals surface area contributed by atoms with E-state index in [0.717, 1.165) is 24.0 Å². The molecule has 0 saturated carbocycles. The number of thioether (sulfide) groups is 2. The Morgan fingerprint density at radius 2 is 1.65 bits per heavy atom. The van der Waals surface area contributed by atoms with Crippen molar-refractivity contribution >= 4 is 33.8 Å². The molecule has 0 spiro atoms. The van der Waals surface area contributed by atoms with E-state index in [9.17, 15) is 9.59 Å².